The highest BCUT2D eigenvalue weighted by Gasteiger charge is 2.30. The molecule has 1 aromatic carbocycles. The molecule has 1 aliphatic rings. The zero-order valence-corrected chi connectivity index (χ0v) is 26.0. The predicted molar refractivity (Wildman–Crippen MR) is 159 cm³/mol. The number of fused-ring (bicyclic) bond motifs is 2. The van der Waals surface area contributed by atoms with Gasteiger partial charge in [-0.15, -0.1) is 0 Å². The lowest BCUT2D eigenvalue weighted by Crippen LogP contribution is -3.00. The molecule has 0 radical (unpaired) electrons. The van der Waals surface area contributed by atoms with Gasteiger partial charge in [0.2, 0.25) is 0 Å². The number of anilines is 1. The maximum atomic E-state index is 13.0. The highest BCUT2D eigenvalue weighted by Crippen LogP contribution is 2.40. The van der Waals surface area contributed by atoms with E-state index in [1.165, 1.54) is 13.2 Å². The van der Waals surface area contributed by atoms with Crippen LogP contribution in [0.15, 0.2) is 54.2 Å². The minimum atomic E-state index is -0.918. The molecule has 0 aromatic heterocycles. The molecule has 11 heteroatoms. The van der Waals surface area contributed by atoms with Crippen molar-refractivity contribution in [1.82, 2.24) is 0 Å². The number of nitrogens with two attached hydrogens (primary N) is 2. The summed E-state index contributed by atoms with van der Waals surface area (Å²) in [4.78, 5) is 24.6. The van der Waals surface area contributed by atoms with Crippen molar-refractivity contribution in [3.8, 4) is 11.5 Å². The molecule has 1 aromatic rings. The van der Waals surface area contributed by atoms with Crippen molar-refractivity contribution in [2.75, 3.05) is 19.0 Å². The molecule has 0 saturated heterocycles. The zero-order valence-electron chi connectivity index (χ0n) is 25.3. The molecule has 2 bridgehead atoms. The zero-order chi connectivity index (χ0) is 30.9. The molecule has 0 unspecified atom stereocenters. The molecule has 0 fully saturated rings. The number of aliphatic hydroxyl groups excluding tert-OH is 1. The van der Waals surface area contributed by atoms with Crippen molar-refractivity contribution in [2.45, 2.75) is 65.8 Å². The number of rotatable bonds is 5. The number of methoxy groups -OCH3 is 1. The number of ether oxygens (including phenoxy) is 2. The van der Waals surface area contributed by atoms with Gasteiger partial charge in [-0.25, -0.2) is 4.79 Å². The third-order valence-corrected chi connectivity index (χ3v) is 7.38. The molecule has 2 rings (SSSR count). The van der Waals surface area contributed by atoms with Crippen LogP contribution in [0.2, 0.25) is 0 Å². The molecule has 10 nitrogen and oxygen atoms in total. The molecule has 0 spiro atoms. The maximum Gasteiger partial charge on any atom is 0.405 e. The Morgan fingerprint density at radius 3 is 2.50 bits per heavy atom. The molecule has 42 heavy (non-hydrogen) atoms. The third-order valence-electron chi connectivity index (χ3n) is 7.38. The van der Waals surface area contributed by atoms with Crippen LogP contribution >= 0.6 is 0 Å². The van der Waals surface area contributed by atoms with Gasteiger partial charge in [0.05, 0.1) is 30.0 Å². The minimum absolute atomic E-state index is 0. The van der Waals surface area contributed by atoms with Crippen molar-refractivity contribution in [1.29, 1.82) is 0 Å². The van der Waals surface area contributed by atoms with Gasteiger partial charge >= 0.3 is 6.09 Å². The van der Waals surface area contributed by atoms with E-state index in [2.05, 4.69) is 11.9 Å². The molecule has 1 heterocycles. The summed E-state index contributed by atoms with van der Waals surface area (Å²) in [5, 5.41) is 37.8. The van der Waals surface area contributed by atoms with Gasteiger partial charge in [0.15, 0.2) is 11.4 Å². The number of phenols is 2. The van der Waals surface area contributed by atoms with Gasteiger partial charge in [0, 0.05) is 30.6 Å². The summed E-state index contributed by atoms with van der Waals surface area (Å²) < 4.78 is 11.1. The van der Waals surface area contributed by atoms with E-state index >= 15 is 0 Å². The first kappa shape index (κ1) is 36.7. The topological polar surface area (TPSA) is 168 Å². The molecule has 234 valence electrons. The lowest BCUT2D eigenvalue weighted by molar-refractivity contribution is -0.562. The SMILES string of the molecule is C=CC[NH2+]c1c(O)cc2c(O)c1C[C@@H](C)C[C@H](OC)[C@H](O)[C@@H](C)/C=C(\C)[C@H](OC(N)=O)[C@@H](C)/C=C\C=C(/C)C(=O)N2.[Cl-]. The summed E-state index contributed by atoms with van der Waals surface area (Å²) in [7, 11) is 1.53. The summed E-state index contributed by atoms with van der Waals surface area (Å²) in [5.41, 5.74) is 7.43. The number of amides is 2. The van der Waals surface area contributed by atoms with E-state index in [1.54, 1.807) is 36.5 Å². The van der Waals surface area contributed by atoms with E-state index in [4.69, 9.17) is 15.2 Å². The van der Waals surface area contributed by atoms with Gasteiger partial charge in [0.25, 0.3) is 5.91 Å². The number of carbonyl (C=O) groups is 2. The minimum Gasteiger partial charge on any atom is -1.00 e. The third kappa shape index (κ3) is 9.90. The molecular formula is C31H46ClN3O7. The van der Waals surface area contributed by atoms with Gasteiger partial charge in [-0.3, -0.25) is 4.79 Å². The fourth-order valence-electron chi connectivity index (χ4n) is 5.12. The number of aliphatic hydroxyl groups is 1. The molecule has 0 aliphatic carbocycles. The van der Waals surface area contributed by atoms with Crippen molar-refractivity contribution < 1.29 is 52.1 Å². The lowest BCUT2D eigenvalue weighted by atomic mass is 9.87. The number of allylic oxidation sites excluding steroid dienone is 2. The average molecular weight is 608 g/mol. The van der Waals surface area contributed by atoms with E-state index in [0.29, 0.717) is 41.8 Å². The second kappa shape index (κ2) is 17.0. The quantitative estimate of drug-likeness (QED) is 0.123. The highest BCUT2D eigenvalue weighted by molar-refractivity contribution is 6.04. The number of quaternary nitrogens is 1. The standard InChI is InChI=1S/C31H45N3O7.ClH/c1-8-12-33-26-22-13-17(2)14-25(40-7)27(36)20(5)15-21(6)29(41-31(32)39)18(3)10-9-11-19(4)30(38)34-23(28(22)37)16-24(26)35;/h8-11,15-18,20,25,27,29,33,35-37H,1,12-14H2,2-7H3,(H2,32,39)(H,34,38);1H/b10-9-,19-11+,21-15+;/t17-,18+,20+,25+,27-,29-;/m1./s1. The summed E-state index contributed by atoms with van der Waals surface area (Å²) in [5.74, 6) is -1.45. The largest absolute Gasteiger partial charge is 1.00 e. The van der Waals surface area contributed by atoms with E-state index in [9.17, 15) is 24.9 Å². The number of primary amides is 1. The fourth-order valence-corrected chi connectivity index (χ4v) is 5.12. The Balaban J connectivity index is 0.00000882. The first-order chi connectivity index (χ1) is 19.3. The lowest BCUT2D eigenvalue weighted by Gasteiger charge is -2.29. The molecular weight excluding hydrogens is 562 g/mol. The molecule has 0 saturated carbocycles. The van der Waals surface area contributed by atoms with Gasteiger partial charge in [0.1, 0.15) is 11.9 Å². The Morgan fingerprint density at radius 1 is 1.24 bits per heavy atom. The van der Waals surface area contributed by atoms with E-state index in [-0.39, 0.29) is 47.3 Å². The van der Waals surface area contributed by atoms with Gasteiger partial charge < -0.3 is 53.6 Å². The first-order valence-corrected chi connectivity index (χ1v) is 13.8. The number of hydrogen-bond acceptors (Lipinski definition) is 7. The normalized spacial score (nSPS) is 29.1. The van der Waals surface area contributed by atoms with E-state index in [0.717, 1.165) is 0 Å². The Morgan fingerprint density at radius 2 is 1.90 bits per heavy atom. The van der Waals surface area contributed by atoms with Crippen LogP contribution in [0, 0.1) is 17.8 Å². The van der Waals surface area contributed by atoms with Crippen molar-refractivity contribution in [2.24, 2.45) is 23.5 Å². The first-order valence-electron chi connectivity index (χ1n) is 13.8. The summed E-state index contributed by atoms with van der Waals surface area (Å²) in [6.45, 7) is 13.3. The molecule has 8 N–H and O–H groups in total. The second-order valence-electron chi connectivity index (χ2n) is 10.9. The van der Waals surface area contributed by atoms with Crippen molar-refractivity contribution in [3.05, 3.63) is 59.7 Å². The Kier molecular flexibility index (Phi) is 14.8. The van der Waals surface area contributed by atoms with Crippen LogP contribution in [0.5, 0.6) is 11.5 Å². The summed E-state index contributed by atoms with van der Waals surface area (Å²) in [6.07, 6.45) is 6.32. The van der Waals surface area contributed by atoms with Crippen LogP contribution in [0.25, 0.3) is 0 Å². The van der Waals surface area contributed by atoms with Crippen LogP contribution in [0.3, 0.4) is 0 Å². The monoisotopic (exact) mass is 607 g/mol. The van der Waals surface area contributed by atoms with Crippen LogP contribution in [0.1, 0.15) is 46.6 Å². The number of aromatic hydroxyl groups is 2. The fraction of sp³-hybridized carbons (Fsp3) is 0.484. The van der Waals surface area contributed by atoms with Crippen LogP contribution in [-0.2, 0) is 20.7 Å². The second-order valence-corrected chi connectivity index (χ2v) is 10.9. The number of benzene rings is 1. The van der Waals surface area contributed by atoms with Gasteiger partial charge in [-0.2, -0.15) is 0 Å². The Labute approximate surface area is 254 Å². The maximum absolute atomic E-state index is 13.0. The molecule has 1 aliphatic heterocycles. The number of nitrogens with one attached hydrogen (secondary N) is 1. The highest BCUT2D eigenvalue weighted by atomic mass is 35.5. The molecule has 2 amide bonds. The summed E-state index contributed by atoms with van der Waals surface area (Å²) >= 11 is 0. The predicted octanol–water partition coefficient (Wildman–Crippen LogP) is 0.564. The smallest absolute Gasteiger partial charge is 0.405 e. The Hall–Kier alpha value is -3.31. The van der Waals surface area contributed by atoms with Gasteiger partial charge in [-0.1, -0.05) is 51.7 Å². The average Bonchev–Trinajstić information content (AvgIpc) is 2.91. The summed E-state index contributed by atoms with van der Waals surface area (Å²) in [6, 6.07) is 1.33. The van der Waals surface area contributed by atoms with E-state index < -0.39 is 30.3 Å². The number of halogens is 1. The van der Waals surface area contributed by atoms with Crippen molar-refractivity contribution in [3.63, 3.8) is 0 Å². The van der Waals surface area contributed by atoms with E-state index in [1.807, 2.05) is 33.8 Å². The number of hydrogen-bond donors (Lipinski definition) is 6. The Bertz CT molecular complexity index is 1200. The van der Waals surface area contributed by atoms with Crippen LogP contribution in [-0.4, -0.2) is 59.3 Å². The molecule has 6 atom stereocenters. The number of carbonyl (C=O) groups excluding carboxylic acids is 2. The van der Waals surface area contributed by atoms with Crippen LogP contribution < -0.4 is 28.8 Å². The van der Waals surface area contributed by atoms with Crippen molar-refractivity contribution >= 4 is 23.4 Å². The van der Waals surface area contributed by atoms with Crippen LogP contribution in [0.4, 0.5) is 16.2 Å². The number of phenolic OH excluding ortho intramolecular Hbond substituents is 2. The van der Waals surface area contributed by atoms with Gasteiger partial charge in [-0.05, 0) is 44.3 Å².